The Bertz CT molecular complexity index is 434. The fraction of sp³-hybridized carbons (Fsp3) is 0.429. The minimum absolute atomic E-state index is 0. The van der Waals surface area contributed by atoms with E-state index in [4.69, 9.17) is 12.2 Å². The van der Waals surface area contributed by atoms with Crippen LogP contribution in [0.2, 0.25) is 0 Å². The van der Waals surface area contributed by atoms with Crippen LogP contribution in [-0.2, 0) is 10.3 Å². The summed E-state index contributed by atoms with van der Waals surface area (Å²) in [5, 5.41) is 0. The van der Waals surface area contributed by atoms with Gasteiger partial charge >= 0.3 is 39.9 Å². The average Bonchev–Trinajstić information content (AvgIpc) is 2.65. The summed E-state index contributed by atoms with van der Waals surface area (Å²) in [4.78, 5) is 3.64. The molecule has 17 heavy (non-hydrogen) atoms. The second-order valence-corrected chi connectivity index (χ2v) is 5.72. The molecule has 1 aromatic heterocycles. The number of hydrogen-bond acceptors (Lipinski definition) is 6. The Morgan fingerprint density at radius 2 is 2.35 bits per heavy atom. The number of nitrogens with one attached hydrogen (secondary N) is 1. The topological polar surface area (TPSA) is 73.2 Å². The molecule has 1 rings (SSSR count). The van der Waals surface area contributed by atoms with Gasteiger partial charge in [-0.15, -0.1) is 0 Å². The Hall–Kier alpha value is 0.200. The molecule has 1 heterocycles. The zero-order chi connectivity index (χ0) is 12.0. The molecule has 0 spiro atoms. The summed E-state index contributed by atoms with van der Waals surface area (Å²) in [7, 11) is -3.92. The molecule has 92 valence electrons. The molecule has 0 aromatic carbocycles. The summed E-state index contributed by atoms with van der Waals surface area (Å²) in [5.74, 6) is 0.756. The molecule has 0 saturated carbocycles. The molecule has 0 unspecified atom stereocenters. The molecule has 10 heteroatoms. The monoisotopic (exact) mass is 305 g/mol. The van der Waals surface area contributed by atoms with Gasteiger partial charge in [0.2, 0.25) is 0 Å². The Balaban J connectivity index is 0.00000256. The van der Waals surface area contributed by atoms with Crippen LogP contribution in [0.3, 0.4) is 0 Å². The third kappa shape index (κ3) is 7.27. The number of aromatic nitrogens is 2. The third-order valence-corrected chi connectivity index (χ3v) is 3.82. The molecule has 0 saturated heterocycles. The molecule has 1 aromatic rings. The van der Waals surface area contributed by atoms with E-state index in [9.17, 15) is 8.42 Å². The van der Waals surface area contributed by atoms with E-state index in [1.807, 2.05) is 6.92 Å². The number of hydrogen-bond donors (Lipinski definition) is 1. The van der Waals surface area contributed by atoms with Gasteiger partial charge in [-0.25, -0.2) is 9.71 Å². The van der Waals surface area contributed by atoms with Crippen LogP contribution >= 0.6 is 24.0 Å². The molecule has 0 aliphatic rings. The second kappa shape index (κ2) is 8.33. The zero-order valence-electron chi connectivity index (χ0n) is 8.49. The Labute approximate surface area is 132 Å². The van der Waals surface area contributed by atoms with Crippen LogP contribution in [0.1, 0.15) is 13.3 Å². The molecule has 0 atom stereocenters. The summed E-state index contributed by atoms with van der Waals surface area (Å²) in [6.45, 7) is 1.98. The molecule has 0 aliphatic carbocycles. The number of nitrogens with zero attached hydrogens (tertiary/aromatic N) is 2. The molecule has 0 aliphatic heterocycles. The number of thioether (sulfide) groups is 1. The van der Waals surface area contributed by atoms with Crippen LogP contribution in [-0.4, -0.2) is 57.8 Å². The summed E-state index contributed by atoms with van der Waals surface area (Å²) >= 11 is 6.08. The standard InChI is InChI=1S/C7H11N3O3S3.Na.H/c1-2-5-15-7(14)9-16(11,12)13-10-4-3-8-6-10;;/h3-4,6H,2,5H2,1H3,(H,9,14);;. The second-order valence-electron chi connectivity index (χ2n) is 2.69. The van der Waals surface area contributed by atoms with E-state index in [0.717, 1.165) is 16.9 Å². The SMILES string of the molecule is CCCSC(=S)NS(=O)(=O)On1ccnc1.[NaH]. The molecule has 0 radical (unpaired) electrons. The number of rotatable bonds is 5. The van der Waals surface area contributed by atoms with Crippen LogP contribution < -0.4 is 9.01 Å². The van der Waals surface area contributed by atoms with Crippen LogP contribution in [0, 0.1) is 0 Å². The van der Waals surface area contributed by atoms with E-state index < -0.39 is 10.3 Å². The van der Waals surface area contributed by atoms with Crippen molar-refractivity contribution in [1.29, 1.82) is 0 Å². The van der Waals surface area contributed by atoms with Crippen molar-refractivity contribution in [1.82, 2.24) is 14.4 Å². The number of thiocarbonyl (C=S) groups is 1. The van der Waals surface area contributed by atoms with Gasteiger partial charge < -0.3 is 0 Å². The maximum atomic E-state index is 11.4. The summed E-state index contributed by atoms with van der Waals surface area (Å²) < 4.78 is 30.6. The fourth-order valence-corrected chi connectivity index (χ4v) is 2.79. The van der Waals surface area contributed by atoms with Gasteiger partial charge in [-0.1, -0.05) is 30.9 Å². The van der Waals surface area contributed by atoms with Crippen molar-refractivity contribution < 1.29 is 12.7 Å². The van der Waals surface area contributed by atoms with Gasteiger partial charge in [0, 0.05) is 11.9 Å². The van der Waals surface area contributed by atoms with Crippen molar-refractivity contribution in [2.75, 3.05) is 5.75 Å². The van der Waals surface area contributed by atoms with Crippen molar-refractivity contribution in [2.45, 2.75) is 13.3 Å². The Kier molecular flexibility index (Phi) is 8.43. The first-order chi connectivity index (χ1) is 7.53. The molecular formula is C7H12N3NaO3S3. The van der Waals surface area contributed by atoms with Crippen LogP contribution in [0.4, 0.5) is 0 Å². The van der Waals surface area contributed by atoms with E-state index in [0.29, 0.717) is 0 Å². The molecule has 0 amide bonds. The summed E-state index contributed by atoms with van der Waals surface area (Å²) in [6, 6.07) is 0. The van der Waals surface area contributed by atoms with E-state index in [2.05, 4.69) is 14.0 Å². The predicted molar refractivity (Wildman–Crippen MR) is 73.4 cm³/mol. The third-order valence-electron chi connectivity index (χ3n) is 1.31. The van der Waals surface area contributed by atoms with Crippen molar-refractivity contribution in [3.8, 4) is 0 Å². The van der Waals surface area contributed by atoms with E-state index >= 15 is 0 Å². The quantitative estimate of drug-likeness (QED) is 0.606. The van der Waals surface area contributed by atoms with E-state index in [1.54, 1.807) is 0 Å². The van der Waals surface area contributed by atoms with Gasteiger partial charge in [-0.2, -0.15) is 13.1 Å². The van der Waals surface area contributed by atoms with Crippen LogP contribution in [0.5, 0.6) is 0 Å². The normalized spacial score (nSPS) is 10.4. The van der Waals surface area contributed by atoms with Gasteiger partial charge in [0.15, 0.2) is 0 Å². The van der Waals surface area contributed by atoms with Gasteiger partial charge in [-0.05, 0) is 6.42 Å². The van der Waals surface area contributed by atoms with Gasteiger partial charge in [0.05, 0.1) is 6.20 Å². The summed E-state index contributed by atoms with van der Waals surface area (Å²) in [5.41, 5.74) is 0. The minimum atomic E-state index is -3.92. The molecule has 0 bridgehead atoms. The van der Waals surface area contributed by atoms with Crippen LogP contribution in [0.15, 0.2) is 18.7 Å². The first-order valence-corrected chi connectivity index (χ1v) is 7.21. The molecule has 0 fully saturated rings. The van der Waals surface area contributed by atoms with Crippen molar-refractivity contribution in [2.24, 2.45) is 0 Å². The van der Waals surface area contributed by atoms with E-state index in [-0.39, 0.29) is 33.9 Å². The average molecular weight is 305 g/mol. The summed E-state index contributed by atoms with van der Waals surface area (Å²) in [6.07, 6.45) is 4.90. The fourth-order valence-electron chi connectivity index (χ4n) is 0.749. The zero-order valence-corrected chi connectivity index (χ0v) is 10.9. The Morgan fingerprint density at radius 3 is 2.88 bits per heavy atom. The van der Waals surface area contributed by atoms with Gasteiger partial charge in [-0.3, -0.25) is 4.28 Å². The Morgan fingerprint density at radius 1 is 1.65 bits per heavy atom. The first kappa shape index (κ1) is 17.2. The first-order valence-electron chi connectivity index (χ1n) is 4.41. The van der Waals surface area contributed by atoms with Crippen molar-refractivity contribution >= 4 is 68.2 Å². The van der Waals surface area contributed by atoms with Crippen LogP contribution in [0.25, 0.3) is 0 Å². The van der Waals surface area contributed by atoms with Gasteiger partial charge in [0.25, 0.3) is 0 Å². The van der Waals surface area contributed by atoms with Crippen molar-refractivity contribution in [3.05, 3.63) is 18.7 Å². The molecular weight excluding hydrogens is 293 g/mol. The predicted octanol–water partition coefficient (Wildman–Crippen LogP) is -0.0743. The number of imidazole rings is 1. The molecule has 6 nitrogen and oxygen atoms in total. The van der Waals surface area contributed by atoms with Crippen molar-refractivity contribution in [3.63, 3.8) is 0 Å². The molecule has 1 N–H and O–H groups in total. The van der Waals surface area contributed by atoms with E-state index in [1.165, 1.54) is 30.5 Å². The maximum absolute atomic E-state index is 11.4. The van der Waals surface area contributed by atoms with Gasteiger partial charge in [0.1, 0.15) is 10.6 Å².